The van der Waals surface area contributed by atoms with E-state index in [0.717, 1.165) is 12.8 Å². The Labute approximate surface area is 100 Å². The van der Waals surface area contributed by atoms with Crippen molar-refractivity contribution in [2.75, 3.05) is 5.73 Å². The standard InChI is InChI=1S/C12H18FN3O/c1-4-12(3,5-2)16-11(17)8-6-7-15-10(14)9(8)13/h6-7H,4-5H2,1-3H3,(H2,14,15)(H,16,17). The fourth-order valence-corrected chi connectivity index (χ4v) is 1.40. The largest absolute Gasteiger partial charge is 0.381 e. The van der Waals surface area contributed by atoms with Crippen molar-refractivity contribution in [1.29, 1.82) is 0 Å². The van der Waals surface area contributed by atoms with Crippen LogP contribution >= 0.6 is 0 Å². The zero-order valence-electron chi connectivity index (χ0n) is 10.4. The van der Waals surface area contributed by atoms with Crippen LogP contribution in [0.5, 0.6) is 0 Å². The second-order valence-electron chi connectivity index (χ2n) is 4.28. The fourth-order valence-electron chi connectivity index (χ4n) is 1.40. The molecular formula is C12H18FN3O. The van der Waals surface area contributed by atoms with Crippen LogP contribution in [0.25, 0.3) is 0 Å². The first-order valence-electron chi connectivity index (χ1n) is 5.66. The highest BCUT2D eigenvalue weighted by Crippen LogP contribution is 2.17. The number of aromatic nitrogens is 1. The molecule has 0 aliphatic heterocycles. The Bertz CT molecular complexity index is 416. The van der Waals surface area contributed by atoms with Crippen LogP contribution in [0.4, 0.5) is 10.2 Å². The van der Waals surface area contributed by atoms with Crippen LogP contribution in [-0.4, -0.2) is 16.4 Å². The number of rotatable bonds is 4. The summed E-state index contributed by atoms with van der Waals surface area (Å²) in [6.07, 6.45) is 2.87. The molecule has 1 aromatic rings. The van der Waals surface area contributed by atoms with Crippen molar-refractivity contribution >= 4 is 11.7 Å². The van der Waals surface area contributed by atoms with Gasteiger partial charge in [-0.05, 0) is 25.8 Å². The van der Waals surface area contributed by atoms with Gasteiger partial charge in [-0.15, -0.1) is 0 Å². The number of hydrogen-bond acceptors (Lipinski definition) is 3. The first-order chi connectivity index (χ1) is 7.93. The molecule has 1 rings (SSSR count). The summed E-state index contributed by atoms with van der Waals surface area (Å²) in [5.41, 5.74) is 4.93. The first kappa shape index (κ1) is 13.4. The molecule has 0 bridgehead atoms. The summed E-state index contributed by atoms with van der Waals surface area (Å²) < 4.78 is 13.6. The van der Waals surface area contributed by atoms with Crippen LogP contribution in [0.15, 0.2) is 12.3 Å². The molecule has 1 amide bonds. The molecule has 94 valence electrons. The van der Waals surface area contributed by atoms with E-state index in [1.54, 1.807) is 0 Å². The number of pyridine rings is 1. The maximum atomic E-state index is 13.6. The van der Waals surface area contributed by atoms with Crippen molar-refractivity contribution in [3.8, 4) is 0 Å². The van der Waals surface area contributed by atoms with Gasteiger partial charge in [0.05, 0.1) is 5.56 Å². The molecule has 0 saturated heterocycles. The molecule has 0 aromatic carbocycles. The molecule has 0 radical (unpaired) electrons. The maximum Gasteiger partial charge on any atom is 0.254 e. The summed E-state index contributed by atoms with van der Waals surface area (Å²) in [5.74, 6) is -1.48. The van der Waals surface area contributed by atoms with E-state index in [0.29, 0.717) is 0 Å². The molecule has 1 aromatic heterocycles. The zero-order chi connectivity index (χ0) is 13.1. The molecular weight excluding hydrogens is 221 g/mol. The van der Waals surface area contributed by atoms with Gasteiger partial charge in [0, 0.05) is 11.7 Å². The summed E-state index contributed by atoms with van der Waals surface area (Å²) in [5, 5.41) is 2.81. The van der Waals surface area contributed by atoms with E-state index in [1.807, 2.05) is 20.8 Å². The number of nitrogens with one attached hydrogen (secondary N) is 1. The molecule has 17 heavy (non-hydrogen) atoms. The summed E-state index contributed by atoms with van der Waals surface area (Å²) in [4.78, 5) is 15.5. The SMILES string of the molecule is CCC(C)(CC)NC(=O)c1ccnc(N)c1F. The number of nitrogen functional groups attached to an aromatic ring is 1. The highest BCUT2D eigenvalue weighted by molar-refractivity contribution is 5.95. The van der Waals surface area contributed by atoms with Crippen LogP contribution in [0.2, 0.25) is 0 Å². The van der Waals surface area contributed by atoms with E-state index in [2.05, 4.69) is 10.3 Å². The molecule has 0 saturated carbocycles. The van der Waals surface area contributed by atoms with Crippen LogP contribution in [-0.2, 0) is 0 Å². The van der Waals surface area contributed by atoms with E-state index in [9.17, 15) is 9.18 Å². The molecule has 0 aliphatic rings. The van der Waals surface area contributed by atoms with E-state index in [4.69, 9.17) is 5.73 Å². The third-order valence-electron chi connectivity index (χ3n) is 3.14. The number of anilines is 1. The Hall–Kier alpha value is -1.65. The van der Waals surface area contributed by atoms with Crippen molar-refractivity contribution in [3.63, 3.8) is 0 Å². The Kier molecular flexibility index (Phi) is 4.04. The smallest absolute Gasteiger partial charge is 0.254 e. The Morgan fingerprint density at radius 3 is 2.65 bits per heavy atom. The van der Waals surface area contributed by atoms with E-state index < -0.39 is 11.7 Å². The molecule has 0 aliphatic carbocycles. The number of nitrogens with zero attached hydrogens (tertiary/aromatic N) is 1. The number of carbonyl (C=O) groups excluding carboxylic acids is 1. The average Bonchev–Trinajstić information content (AvgIpc) is 2.32. The quantitative estimate of drug-likeness (QED) is 0.845. The van der Waals surface area contributed by atoms with Crippen LogP contribution in [0.1, 0.15) is 44.0 Å². The molecule has 0 atom stereocenters. The van der Waals surface area contributed by atoms with Crippen LogP contribution < -0.4 is 11.1 Å². The lowest BCUT2D eigenvalue weighted by atomic mass is 9.95. The lowest BCUT2D eigenvalue weighted by Gasteiger charge is -2.28. The van der Waals surface area contributed by atoms with Gasteiger partial charge >= 0.3 is 0 Å². The van der Waals surface area contributed by atoms with Crippen molar-refractivity contribution in [1.82, 2.24) is 10.3 Å². The van der Waals surface area contributed by atoms with Gasteiger partial charge < -0.3 is 11.1 Å². The topological polar surface area (TPSA) is 68.0 Å². The van der Waals surface area contributed by atoms with Gasteiger partial charge in [-0.2, -0.15) is 0 Å². The van der Waals surface area contributed by atoms with Crippen molar-refractivity contribution in [3.05, 3.63) is 23.6 Å². The molecule has 1 heterocycles. The van der Waals surface area contributed by atoms with Crippen LogP contribution in [0.3, 0.4) is 0 Å². The van der Waals surface area contributed by atoms with Gasteiger partial charge in [-0.1, -0.05) is 13.8 Å². The summed E-state index contributed by atoms with van der Waals surface area (Å²) in [7, 11) is 0. The molecule has 4 nitrogen and oxygen atoms in total. The first-order valence-corrected chi connectivity index (χ1v) is 5.66. The second kappa shape index (κ2) is 5.12. The highest BCUT2D eigenvalue weighted by Gasteiger charge is 2.24. The normalized spacial score (nSPS) is 11.3. The Morgan fingerprint density at radius 2 is 2.12 bits per heavy atom. The van der Waals surface area contributed by atoms with Gasteiger partial charge in [0.2, 0.25) is 0 Å². The minimum absolute atomic E-state index is 0.0642. The number of amides is 1. The third kappa shape index (κ3) is 2.93. The number of carbonyl (C=O) groups is 1. The van der Waals surface area contributed by atoms with E-state index in [1.165, 1.54) is 12.3 Å². The van der Waals surface area contributed by atoms with Crippen molar-refractivity contribution < 1.29 is 9.18 Å². The van der Waals surface area contributed by atoms with Gasteiger partial charge in [-0.25, -0.2) is 9.37 Å². The Balaban J connectivity index is 2.94. The summed E-state index contributed by atoms with van der Waals surface area (Å²) in [6, 6.07) is 1.33. The molecule has 0 spiro atoms. The lowest BCUT2D eigenvalue weighted by molar-refractivity contribution is 0.0897. The highest BCUT2D eigenvalue weighted by atomic mass is 19.1. The van der Waals surface area contributed by atoms with Crippen molar-refractivity contribution in [2.45, 2.75) is 39.2 Å². The van der Waals surface area contributed by atoms with E-state index >= 15 is 0 Å². The van der Waals surface area contributed by atoms with E-state index in [-0.39, 0.29) is 16.9 Å². The minimum atomic E-state index is -0.764. The van der Waals surface area contributed by atoms with Gasteiger partial charge in [0.1, 0.15) is 0 Å². The summed E-state index contributed by atoms with van der Waals surface area (Å²) >= 11 is 0. The maximum absolute atomic E-state index is 13.6. The number of nitrogens with two attached hydrogens (primary N) is 1. The monoisotopic (exact) mass is 239 g/mol. The molecule has 0 fully saturated rings. The molecule has 0 unspecified atom stereocenters. The molecule has 3 N–H and O–H groups in total. The predicted molar refractivity (Wildman–Crippen MR) is 65.1 cm³/mol. The average molecular weight is 239 g/mol. The molecule has 5 heteroatoms. The van der Waals surface area contributed by atoms with Gasteiger partial charge in [0.25, 0.3) is 5.91 Å². The predicted octanol–water partition coefficient (Wildman–Crippen LogP) is 2.11. The second-order valence-corrected chi connectivity index (χ2v) is 4.28. The fraction of sp³-hybridized carbons (Fsp3) is 0.500. The Morgan fingerprint density at radius 1 is 1.53 bits per heavy atom. The minimum Gasteiger partial charge on any atom is -0.381 e. The van der Waals surface area contributed by atoms with Crippen molar-refractivity contribution in [2.24, 2.45) is 0 Å². The van der Waals surface area contributed by atoms with Crippen LogP contribution in [0, 0.1) is 5.82 Å². The van der Waals surface area contributed by atoms with Gasteiger partial charge in [-0.3, -0.25) is 4.79 Å². The number of hydrogen-bond donors (Lipinski definition) is 2. The third-order valence-corrected chi connectivity index (χ3v) is 3.14. The zero-order valence-corrected chi connectivity index (χ0v) is 10.4. The number of halogens is 1. The lowest BCUT2D eigenvalue weighted by Crippen LogP contribution is -2.45. The van der Waals surface area contributed by atoms with Gasteiger partial charge in [0.15, 0.2) is 11.6 Å². The summed E-state index contributed by atoms with van der Waals surface area (Å²) in [6.45, 7) is 5.87.